The lowest BCUT2D eigenvalue weighted by molar-refractivity contribution is -0.138. The summed E-state index contributed by atoms with van der Waals surface area (Å²) in [4.78, 5) is 23.0. The lowest BCUT2D eigenvalue weighted by atomic mass is 10.2. The van der Waals surface area contributed by atoms with Crippen LogP contribution < -0.4 is 5.32 Å². The Balaban J connectivity index is 2.24. The van der Waals surface area contributed by atoms with Crippen LogP contribution in [0, 0.1) is 6.92 Å². The highest BCUT2D eigenvalue weighted by molar-refractivity contribution is 7.80. The smallest absolute Gasteiger partial charge is 0.327 e. The minimum atomic E-state index is -1.12. The number of nitrogens with one attached hydrogen (secondary N) is 1. The Labute approximate surface area is 127 Å². The maximum Gasteiger partial charge on any atom is 0.327 e. The topological polar surface area (TPSA) is 84.2 Å². The van der Waals surface area contributed by atoms with E-state index in [2.05, 4.69) is 23.0 Å². The molecule has 2 N–H and O–H groups in total. The molecule has 0 aliphatic rings. The molecule has 1 amide bonds. The second-order valence-electron chi connectivity index (χ2n) is 4.44. The van der Waals surface area contributed by atoms with Crippen molar-refractivity contribution in [2.45, 2.75) is 13.0 Å². The monoisotopic (exact) mass is 305 g/mol. The van der Waals surface area contributed by atoms with Gasteiger partial charge in [-0.3, -0.25) is 4.79 Å². The van der Waals surface area contributed by atoms with E-state index in [-0.39, 0.29) is 5.75 Å². The molecule has 1 unspecified atom stereocenters. The van der Waals surface area contributed by atoms with Crippen molar-refractivity contribution in [2.75, 3.05) is 5.75 Å². The van der Waals surface area contributed by atoms with Gasteiger partial charge in [-0.25, -0.2) is 9.48 Å². The highest BCUT2D eigenvalue weighted by atomic mass is 32.1. The molecule has 6 nitrogen and oxygen atoms in total. The van der Waals surface area contributed by atoms with E-state index in [0.717, 1.165) is 5.69 Å². The lowest BCUT2D eigenvalue weighted by Gasteiger charge is -2.11. The number of benzene rings is 1. The van der Waals surface area contributed by atoms with Crippen molar-refractivity contribution in [3.63, 3.8) is 0 Å². The number of nitrogens with zero attached hydrogens (tertiary/aromatic N) is 2. The van der Waals surface area contributed by atoms with Gasteiger partial charge in [0.15, 0.2) is 0 Å². The SMILES string of the molecule is Cc1c(C(=O)NC(CS)C(=O)O)cnn1-c1ccccc1. The third-order valence-electron chi connectivity index (χ3n) is 3.04. The predicted molar refractivity (Wildman–Crippen MR) is 81.0 cm³/mol. The molecule has 0 saturated heterocycles. The highest BCUT2D eigenvalue weighted by Gasteiger charge is 2.21. The number of aliphatic carboxylic acids is 1. The van der Waals surface area contributed by atoms with Gasteiger partial charge < -0.3 is 10.4 Å². The average molecular weight is 305 g/mol. The summed E-state index contributed by atoms with van der Waals surface area (Å²) < 4.78 is 1.63. The quantitative estimate of drug-likeness (QED) is 0.727. The molecule has 1 aromatic carbocycles. The molecular weight excluding hydrogens is 290 g/mol. The second kappa shape index (κ2) is 6.45. The number of amides is 1. The largest absolute Gasteiger partial charge is 0.480 e. The van der Waals surface area contributed by atoms with Gasteiger partial charge in [0, 0.05) is 5.75 Å². The van der Waals surface area contributed by atoms with Crippen LogP contribution in [0.15, 0.2) is 36.5 Å². The van der Waals surface area contributed by atoms with Crippen molar-refractivity contribution in [1.82, 2.24) is 15.1 Å². The van der Waals surface area contributed by atoms with Crippen molar-refractivity contribution in [1.29, 1.82) is 0 Å². The van der Waals surface area contributed by atoms with Gasteiger partial charge >= 0.3 is 5.97 Å². The fourth-order valence-corrected chi connectivity index (χ4v) is 2.13. The Hall–Kier alpha value is -2.28. The average Bonchev–Trinajstić information content (AvgIpc) is 2.87. The minimum Gasteiger partial charge on any atom is -0.480 e. The third kappa shape index (κ3) is 3.25. The van der Waals surface area contributed by atoms with Gasteiger partial charge in [0.1, 0.15) is 6.04 Å². The summed E-state index contributed by atoms with van der Waals surface area (Å²) >= 11 is 3.91. The van der Waals surface area contributed by atoms with Crippen LogP contribution in [0.4, 0.5) is 0 Å². The number of hydrogen-bond acceptors (Lipinski definition) is 4. The van der Waals surface area contributed by atoms with E-state index in [1.165, 1.54) is 6.20 Å². The number of hydrogen-bond donors (Lipinski definition) is 3. The van der Waals surface area contributed by atoms with Crippen molar-refractivity contribution in [2.24, 2.45) is 0 Å². The summed E-state index contributed by atoms with van der Waals surface area (Å²) in [7, 11) is 0. The number of rotatable bonds is 5. The lowest BCUT2D eigenvalue weighted by Crippen LogP contribution is -2.42. The van der Waals surface area contributed by atoms with Crippen LogP contribution in [0.25, 0.3) is 5.69 Å². The Bertz CT molecular complexity index is 655. The summed E-state index contributed by atoms with van der Waals surface area (Å²) in [5.41, 5.74) is 1.81. The van der Waals surface area contributed by atoms with Crippen LogP contribution in [0.3, 0.4) is 0 Å². The summed E-state index contributed by atoms with van der Waals surface area (Å²) in [6, 6.07) is 8.35. The molecule has 1 aromatic heterocycles. The van der Waals surface area contributed by atoms with Crippen LogP contribution >= 0.6 is 12.6 Å². The molecule has 0 aliphatic heterocycles. The molecule has 0 fully saturated rings. The second-order valence-corrected chi connectivity index (χ2v) is 4.80. The summed E-state index contributed by atoms with van der Waals surface area (Å²) in [6.07, 6.45) is 1.43. The molecule has 1 atom stereocenters. The van der Waals surface area contributed by atoms with Gasteiger partial charge in [0.2, 0.25) is 0 Å². The first-order chi connectivity index (χ1) is 10.0. The van der Waals surface area contributed by atoms with Crippen LogP contribution in [0.5, 0.6) is 0 Å². The zero-order valence-electron chi connectivity index (χ0n) is 11.4. The van der Waals surface area contributed by atoms with Crippen LogP contribution in [-0.4, -0.2) is 38.6 Å². The molecule has 7 heteroatoms. The fourth-order valence-electron chi connectivity index (χ4n) is 1.88. The number of carbonyl (C=O) groups is 2. The first-order valence-corrected chi connectivity index (χ1v) is 6.92. The van der Waals surface area contributed by atoms with Gasteiger partial charge in [0.25, 0.3) is 5.91 Å². The Morgan fingerprint density at radius 2 is 2.05 bits per heavy atom. The molecule has 0 spiro atoms. The first-order valence-electron chi connectivity index (χ1n) is 6.29. The zero-order valence-corrected chi connectivity index (χ0v) is 12.2. The van der Waals surface area contributed by atoms with E-state index >= 15 is 0 Å². The van der Waals surface area contributed by atoms with E-state index in [9.17, 15) is 9.59 Å². The van der Waals surface area contributed by atoms with Gasteiger partial charge in [-0.15, -0.1) is 0 Å². The minimum absolute atomic E-state index is 0.0208. The number of thiol groups is 1. The number of carbonyl (C=O) groups excluding carboxylic acids is 1. The van der Waals surface area contributed by atoms with Crippen molar-refractivity contribution in [3.8, 4) is 5.69 Å². The van der Waals surface area contributed by atoms with Crippen LogP contribution in [-0.2, 0) is 4.79 Å². The van der Waals surface area contributed by atoms with E-state index in [1.807, 2.05) is 30.3 Å². The number of carboxylic acid groups (broad SMARTS) is 1. The summed E-state index contributed by atoms with van der Waals surface area (Å²) in [5.74, 6) is -1.57. The number of para-hydroxylation sites is 1. The van der Waals surface area contributed by atoms with Crippen LogP contribution in [0.1, 0.15) is 16.1 Å². The standard InChI is InChI=1S/C14H15N3O3S/c1-9-11(13(18)16-12(8-21)14(19)20)7-15-17(9)10-5-3-2-4-6-10/h2-7,12,21H,8H2,1H3,(H,16,18)(H,19,20). The molecule has 1 heterocycles. The molecule has 0 saturated carbocycles. The number of carboxylic acids is 1. The predicted octanol–water partition coefficient (Wildman–Crippen LogP) is 1.29. The van der Waals surface area contributed by atoms with Gasteiger partial charge in [-0.1, -0.05) is 18.2 Å². The maximum atomic E-state index is 12.1. The number of aromatic nitrogens is 2. The van der Waals surface area contributed by atoms with E-state index in [1.54, 1.807) is 11.6 Å². The molecule has 21 heavy (non-hydrogen) atoms. The Morgan fingerprint density at radius 3 is 2.62 bits per heavy atom. The molecular formula is C14H15N3O3S. The molecule has 0 aliphatic carbocycles. The van der Waals surface area contributed by atoms with Gasteiger partial charge in [-0.2, -0.15) is 17.7 Å². The molecule has 0 bridgehead atoms. The van der Waals surface area contributed by atoms with Gasteiger partial charge in [-0.05, 0) is 19.1 Å². The molecule has 0 radical (unpaired) electrons. The summed E-state index contributed by atoms with van der Waals surface area (Å²) in [5, 5.41) is 15.5. The Morgan fingerprint density at radius 1 is 1.38 bits per heavy atom. The van der Waals surface area contributed by atoms with Crippen molar-refractivity contribution in [3.05, 3.63) is 47.8 Å². The van der Waals surface area contributed by atoms with E-state index in [4.69, 9.17) is 5.11 Å². The molecule has 2 aromatic rings. The maximum absolute atomic E-state index is 12.1. The third-order valence-corrected chi connectivity index (χ3v) is 3.41. The fraction of sp³-hybridized carbons (Fsp3) is 0.214. The van der Waals surface area contributed by atoms with E-state index in [0.29, 0.717) is 11.3 Å². The van der Waals surface area contributed by atoms with Crippen molar-refractivity contribution < 1.29 is 14.7 Å². The normalized spacial score (nSPS) is 11.9. The molecule has 110 valence electrons. The van der Waals surface area contributed by atoms with Crippen LogP contribution in [0.2, 0.25) is 0 Å². The Kier molecular flexibility index (Phi) is 4.64. The first kappa shape index (κ1) is 15.1. The van der Waals surface area contributed by atoms with Crippen molar-refractivity contribution >= 4 is 24.5 Å². The summed E-state index contributed by atoms with van der Waals surface area (Å²) in [6.45, 7) is 1.76. The van der Waals surface area contributed by atoms with Gasteiger partial charge in [0.05, 0.1) is 23.1 Å². The highest BCUT2D eigenvalue weighted by Crippen LogP contribution is 2.14. The molecule has 2 rings (SSSR count). The zero-order chi connectivity index (χ0) is 15.4. The van der Waals surface area contributed by atoms with E-state index < -0.39 is 17.9 Å².